The van der Waals surface area contributed by atoms with Gasteiger partial charge in [0.25, 0.3) is 0 Å². The zero-order valence-corrected chi connectivity index (χ0v) is 14.9. The third-order valence-corrected chi connectivity index (χ3v) is 5.30. The Kier molecular flexibility index (Phi) is 4.14. The summed E-state index contributed by atoms with van der Waals surface area (Å²) in [5.74, 6) is 0.782. The molecular formula is C17H18N4O4S. The van der Waals surface area contributed by atoms with Gasteiger partial charge in [-0.15, -0.1) is 0 Å². The van der Waals surface area contributed by atoms with Crippen LogP contribution in [-0.4, -0.2) is 42.3 Å². The number of fused-ring (bicyclic) bond motifs is 1. The van der Waals surface area contributed by atoms with Crippen LogP contribution >= 0.6 is 0 Å². The highest BCUT2D eigenvalue weighted by Crippen LogP contribution is 2.25. The standard InChI is InChI=1S/C17H18N4O4S/c1-11-16(26(18,22)23)17-19-8-13(9-21(17)20-11)12-2-4-14(5-3-12)25-15-6-7-24-10-15/h2-5,8-9,15H,6-7,10H2,1H3,(H2,18,22,23). The van der Waals surface area contributed by atoms with Crippen molar-refractivity contribution in [3.63, 3.8) is 0 Å². The van der Waals surface area contributed by atoms with Crippen LogP contribution in [0.5, 0.6) is 5.75 Å². The summed E-state index contributed by atoms with van der Waals surface area (Å²) in [5.41, 5.74) is 2.26. The lowest BCUT2D eigenvalue weighted by Gasteiger charge is -2.12. The number of aromatic nitrogens is 3. The van der Waals surface area contributed by atoms with Crippen molar-refractivity contribution in [2.75, 3.05) is 13.2 Å². The first-order valence-electron chi connectivity index (χ1n) is 8.14. The van der Waals surface area contributed by atoms with Crippen molar-refractivity contribution in [3.05, 3.63) is 42.4 Å². The molecule has 3 aromatic rings. The lowest BCUT2D eigenvalue weighted by molar-refractivity contribution is 0.141. The SMILES string of the molecule is Cc1nn2cc(-c3ccc(OC4CCOC4)cc3)cnc2c1S(N)(=O)=O. The van der Waals surface area contributed by atoms with Crippen LogP contribution in [0.25, 0.3) is 16.8 Å². The number of benzene rings is 1. The molecule has 0 aliphatic carbocycles. The van der Waals surface area contributed by atoms with Gasteiger partial charge < -0.3 is 9.47 Å². The average Bonchev–Trinajstić information content (AvgIpc) is 3.20. The van der Waals surface area contributed by atoms with Gasteiger partial charge in [0.15, 0.2) is 5.65 Å². The van der Waals surface area contributed by atoms with Crippen molar-refractivity contribution in [1.82, 2.24) is 14.6 Å². The monoisotopic (exact) mass is 374 g/mol. The number of hydrogen-bond donors (Lipinski definition) is 1. The normalized spacial score (nSPS) is 17.7. The molecule has 1 atom stereocenters. The molecule has 3 heterocycles. The van der Waals surface area contributed by atoms with Gasteiger partial charge in [0.2, 0.25) is 10.0 Å². The quantitative estimate of drug-likeness (QED) is 0.742. The summed E-state index contributed by atoms with van der Waals surface area (Å²) in [6.07, 6.45) is 4.33. The second kappa shape index (κ2) is 6.35. The van der Waals surface area contributed by atoms with Gasteiger partial charge in [-0.3, -0.25) is 0 Å². The van der Waals surface area contributed by atoms with Gasteiger partial charge in [-0.2, -0.15) is 5.10 Å². The molecule has 1 saturated heterocycles. The van der Waals surface area contributed by atoms with Crippen LogP contribution in [0.1, 0.15) is 12.1 Å². The molecule has 136 valence electrons. The molecule has 0 spiro atoms. The van der Waals surface area contributed by atoms with Gasteiger partial charge in [-0.25, -0.2) is 23.1 Å². The fourth-order valence-corrected chi connectivity index (χ4v) is 3.88. The van der Waals surface area contributed by atoms with Crippen molar-refractivity contribution in [3.8, 4) is 16.9 Å². The van der Waals surface area contributed by atoms with E-state index in [1.807, 2.05) is 24.3 Å². The van der Waals surface area contributed by atoms with Crippen LogP contribution in [0.2, 0.25) is 0 Å². The molecule has 1 aromatic carbocycles. The van der Waals surface area contributed by atoms with Gasteiger partial charge in [0, 0.05) is 24.4 Å². The number of aryl methyl sites for hydroxylation is 1. The Balaban J connectivity index is 1.64. The minimum absolute atomic E-state index is 0.0495. The molecule has 1 fully saturated rings. The molecule has 8 nitrogen and oxygen atoms in total. The summed E-state index contributed by atoms with van der Waals surface area (Å²) in [6, 6.07) is 7.62. The number of rotatable bonds is 4. The topological polar surface area (TPSA) is 109 Å². The molecule has 0 saturated carbocycles. The van der Waals surface area contributed by atoms with Gasteiger partial charge in [0.1, 0.15) is 16.7 Å². The number of primary sulfonamides is 1. The highest BCUT2D eigenvalue weighted by molar-refractivity contribution is 7.89. The Morgan fingerprint density at radius 2 is 2.04 bits per heavy atom. The molecule has 1 unspecified atom stereocenters. The first kappa shape index (κ1) is 17.0. The molecular weight excluding hydrogens is 356 g/mol. The fourth-order valence-electron chi connectivity index (χ4n) is 3.03. The molecule has 26 heavy (non-hydrogen) atoms. The first-order chi connectivity index (χ1) is 12.4. The van der Waals surface area contributed by atoms with E-state index in [0.717, 1.165) is 29.9 Å². The molecule has 2 aromatic heterocycles. The molecule has 0 bridgehead atoms. The average molecular weight is 374 g/mol. The van der Waals surface area contributed by atoms with E-state index in [4.69, 9.17) is 14.6 Å². The zero-order chi connectivity index (χ0) is 18.3. The van der Waals surface area contributed by atoms with E-state index < -0.39 is 10.0 Å². The van der Waals surface area contributed by atoms with E-state index in [2.05, 4.69) is 10.1 Å². The molecule has 0 radical (unpaired) electrons. The van der Waals surface area contributed by atoms with Crippen molar-refractivity contribution < 1.29 is 17.9 Å². The van der Waals surface area contributed by atoms with Crippen molar-refractivity contribution in [2.45, 2.75) is 24.3 Å². The summed E-state index contributed by atoms with van der Waals surface area (Å²) in [7, 11) is -3.88. The van der Waals surface area contributed by atoms with E-state index in [1.54, 1.807) is 19.3 Å². The first-order valence-corrected chi connectivity index (χ1v) is 9.69. The zero-order valence-electron chi connectivity index (χ0n) is 14.1. The number of ether oxygens (including phenoxy) is 2. The lowest BCUT2D eigenvalue weighted by Crippen LogP contribution is -2.15. The predicted molar refractivity (Wildman–Crippen MR) is 94.4 cm³/mol. The molecule has 0 amide bonds. The molecule has 4 rings (SSSR count). The summed E-state index contributed by atoms with van der Waals surface area (Å²) < 4.78 is 36.0. The number of nitrogens with two attached hydrogens (primary N) is 1. The van der Waals surface area contributed by atoms with E-state index in [-0.39, 0.29) is 16.6 Å². The summed E-state index contributed by atoms with van der Waals surface area (Å²) in [4.78, 5) is 4.19. The largest absolute Gasteiger partial charge is 0.488 e. The van der Waals surface area contributed by atoms with E-state index in [9.17, 15) is 8.42 Å². The van der Waals surface area contributed by atoms with E-state index >= 15 is 0 Å². The smallest absolute Gasteiger partial charge is 0.243 e. The van der Waals surface area contributed by atoms with E-state index in [0.29, 0.717) is 12.3 Å². The van der Waals surface area contributed by atoms with Gasteiger partial charge in [-0.05, 0) is 24.6 Å². The Hall–Kier alpha value is -2.49. The minimum atomic E-state index is -3.88. The van der Waals surface area contributed by atoms with Crippen LogP contribution < -0.4 is 9.88 Å². The van der Waals surface area contributed by atoms with Crippen molar-refractivity contribution >= 4 is 15.7 Å². The number of sulfonamides is 1. The summed E-state index contributed by atoms with van der Waals surface area (Å²) >= 11 is 0. The Morgan fingerprint density at radius 3 is 2.69 bits per heavy atom. The predicted octanol–water partition coefficient (Wildman–Crippen LogP) is 1.52. The highest BCUT2D eigenvalue weighted by atomic mass is 32.2. The number of nitrogens with zero attached hydrogens (tertiary/aromatic N) is 3. The Morgan fingerprint density at radius 1 is 1.27 bits per heavy atom. The molecule has 2 N–H and O–H groups in total. The van der Waals surface area contributed by atoms with E-state index in [1.165, 1.54) is 4.52 Å². The third-order valence-electron chi connectivity index (χ3n) is 4.26. The minimum Gasteiger partial charge on any atom is -0.488 e. The maximum absolute atomic E-state index is 11.7. The molecule has 1 aliphatic heterocycles. The third kappa shape index (κ3) is 3.16. The second-order valence-corrected chi connectivity index (χ2v) is 7.70. The summed E-state index contributed by atoms with van der Waals surface area (Å²) in [6.45, 7) is 2.94. The fraction of sp³-hybridized carbons (Fsp3) is 0.294. The van der Waals surface area contributed by atoms with Crippen LogP contribution in [0.3, 0.4) is 0 Å². The van der Waals surface area contributed by atoms with Crippen LogP contribution in [0.4, 0.5) is 0 Å². The van der Waals surface area contributed by atoms with Crippen LogP contribution in [0.15, 0.2) is 41.6 Å². The number of hydrogen-bond acceptors (Lipinski definition) is 6. The molecule has 1 aliphatic rings. The maximum Gasteiger partial charge on any atom is 0.243 e. The van der Waals surface area contributed by atoms with Crippen LogP contribution in [-0.2, 0) is 14.8 Å². The van der Waals surface area contributed by atoms with Crippen molar-refractivity contribution in [2.24, 2.45) is 5.14 Å². The van der Waals surface area contributed by atoms with Gasteiger partial charge >= 0.3 is 0 Å². The Bertz CT molecular complexity index is 1050. The maximum atomic E-state index is 11.7. The highest BCUT2D eigenvalue weighted by Gasteiger charge is 2.21. The Labute approximate surface area is 150 Å². The van der Waals surface area contributed by atoms with Gasteiger partial charge in [-0.1, -0.05) is 12.1 Å². The van der Waals surface area contributed by atoms with Gasteiger partial charge in [0.05, 0.1) is 18.9 Å². The second-order valence-electron chi connectivity index (χ2n) is 6.20. The molecule has 9 heteroatoms. The summed E-state index contributed by atoms with van der Waals surface area (Å²) in [5, 5.41) is 9.47. The van der Waals surface area contributed by atoms with Crippen LogP contribution in [0, 0.1) is 6.92 Å². The van der Waals surface area contributed by atoms with Crippen molar-refractivity contribution in [1.29, 1.82) is 0 Å². The lowest BCUT2D eigenvalue weighted by atomic mass is 10.1.